The highest BCUT2D eigenvalue weighted by Gasteiger charge is 2.08. The number of esters is 1. The average molecular weight is 358 g/mol. The highest BCUT2D eigenvalue weighted by Crippen LogP contribution is 2.15. The van der Waals surface area contributed by atoms with E-state index in [1.807, 2.05) is 0 Å². The first kappa shape index (κ1) is 19.3. The van der Waals surface area contributed by atoms with Crippen LogP contribution in [0.15, 0.2) is 36.4 Å². The molecule has 0 fully saturated rings. The lowest BCUT2D eigenvalue weighted by Crippen LogP contribution is -2.26. The van der Waals surface area contributed by atoms with E-state index in [1.165, 1.54) is 0 Å². The number of methoxy groups -OCH3 is 1. The van der Waals surface area contributed by atoms with E-state index in [0.717, 1.165) is 12.1 Å². The molecule has 0 unspecified atom stereocenters. The second-order valence-corrected chi connectivity index (χ2v) is 5.33. The smallest absolute Gasteiger partial charge is 0.338 e. The van der Waals surface area contributed by atoms with Gasteiger partial charge in [0, 0.05) is 25.9 Å². The van der Waals surface area contributed by atoms with Crippen molar-refractivity contribution in [3.63, 3.8) is 0 Å². The number of nitrogens with one attached hydrogen (secondary N) is 2. The van der Waals surface area contributed by atoms with Crippen LogP contribution in [0.5, 0.6) is 0 Å². The molecule has 0 spiro atoms. The van der Waals surface area contributed by atoms with Crippen LogP contribution in [0.4, 0.5) is 11.5 Å². The van der Waals surface area contributed by atoms with Gasteiger partial charge in [-0.15, -0.1) is 10.2 Å². The summed E-state index contributed by atoms with van der Waals surface area (Å²) in [4.78, 5) is 23.5. The first-order valence-corrected chi connectivity index (χ1v) is 8.29. The molecule has 8 nitrogen and oxygen atoms in total. The van der Waals surface area contributed by atoms with Crippen molar-refractivity contribution >= 4 is 23.4 Å². The summed E-state index contributed by atoms with van der Waals surface area (Å²) < 4.78 is 9.86. The van der Waals surface area contributed by atoms with Gasteiger partial charge in [0.2, 0.25) is 0 Å². The van der Waals surface area contributed by atoms with Crippen molar-refractivity contribution in [1.82, 2.24) is 15.5 Å². The summed E-state index contributed by atoms with van der Waals surface area (Å²) in [5, 5.41) is 13.7. The standard InChI is InChI=1S/C18H22N4O4/c1-3-26-18(24)13-5-7-14(8-6-13)20-16-10-9-15(21-22-16)17(23)19-11-4-12-25-2/h5-10H,3-4,11-12H2,1-2H3,(H,19,23)(H,20,22). The number of carbonyl (C=O) groups is 2. The molecule has 1 aromatic carbocycles. The van der Waals surface area contributed by atoms with E-state index in [9.17, 15) is 9.59 Å². The Hall–Kier alpha value is -3.00. The highest BCUT2D eigenvalue weighted by molar-refractivity contribution is 5.92. The summed E-state index contributed by atoms with van der Waals surface area (Å²) in [6, 6.07) is 10.1. The number of rotatable bonds is 9. The maximum absolute atomic E-state index is 11.9. The number of hydrogen-bond acceptors (Lipinski definition) is 7. The molecule has 1 aromatic heterocycles. The number of ether oxygens (including phenoxy) is 2. The maximum atomic E-state index is 11.9. The lowest BCUT2D eigenvalue weighted by atomic mass is 10.2. The average Bonchev–Trinajstić information content (AvgIpc) is 2.66. The molecule has 0 aliphatic carbocycles. The molecular weight excluding hydrogens is 336 g/mol. The summed E-state index contributed by atoms with van der Waals surface area (Å²) in [5.74, 6) is -0.150. The van der Waals surface area contributed by atoms with Gasteiger partial charge in [0.15, 0.2) is 11.5 Å². The zero-order valence-electron chi connectivity index (χ0n) is 14.8. The van der Waals surface area contributed by atoms with Gasteiger partial charge in [0.05, 0.1) is 12.2 Å². The van der Waals surface area contributed by atoms with Crippen molar-refractivity contribution in [1.29, 1.82) is 0 Å². The zero-order chi connectivity index (χ0) is 18.8. The van der Waals surface area contributed by atoms with Gasteiger partial charge >= 0.3 is 5.97 Å². The van der Waals surface area contributed by atoms with Crippen LogP contribution in [-0.2, 0) is 9.47 Å². The SMILES string of the molecule is CCOC(=O)c1ccc(Nc2ccc(C(=O)NCCCOC)nn2)cc1. The van der Waals surface area contributed by atoms with E-state index in [4.69, 9.17) is 9.47 Å². The Morgan fingerprint density at radius 3 is 2.46 bits per heavy atom. The Bertz CT molecular complexity index is 717. The summed E-state index contributed by atoms with van der Waals surface area (Å²) in [5.41, 5.74) is 1.46. The van der Waals surface area contributed by atoms with Gasteiger partial charge in [-0.2, -0.15) is 0 Å². The fourth-order valence-corrected chi connectivity index (χ4v) is 2.08. The molecule has 0 aliphatic heterocycles. The van der Waals surface area contributed by atoms with Crippen LogP contribution in [0.25, 0.3) is 0 Å². The van der Waals surface area contributed by atoms with E-state index in [2.05, 4.69) is 20.8 Å². The number of nitrogens with zero attached hydrogens (tertiary/aromatic N) is 2. The minimum atomic E-state index is -0.361. The Balaban J connectivity index is 1.90. The summed E-state index contributed by atoms with van der Waals surface area (Å²) in [7, 11) is 1.61. The minimum absolute atomic E-state index is 0.241. The fourth-order valence-electron chi connectivity index (χ4n) is 2.08. The Morgan fingerprint density at radius 1 is 1.08 bits per heavy atom. The summed E-state index contributed by atoms with van der Waals surface area (Å²) in [6.45, 7) is 3.20. The number of hydrogen-bond donors (Lipinski definition) is 2. The van der Waals surface area contributed by atoms with Crippen molar-refractivity contribution in [2.75, 3.05) is 32.2 Å². The Morgan fingerprint density at radius 2 is 1.85 bits per heavy atom. The largest absolute Gasteiger partial charge is 0.462 e. The Labute approximate surface area is 151 Å². The second kappa shape index (κ2) is 10.1. The van der Waals surface area contributed by atoms with Crippen molar-refractivity contribution in [3.05, 3.63) is 47.7 Å². The van der Waals surface area contributed by atoms with Crippen molar-refractivity contribution in [2.45, 2.75) is 13.3 Å². The normalized spacial score (nSPS) is 10.2. The molecule has 1 amide bonds. The first-order valence-electron chi connectivity index (χ1n) is 8.29. The van der Waals surface area contributed by atoms with E-state index in [-0.39, 0.29) is 17.6 Å². The number of amides is 1. The van der Waals surface area contributed by atoms with Crippen molar-refractivity contribution in [2.24, 2.45) is 0 Å². The van der Waals surface area contributed by atoms with Crippen LogP contribution in [0.3, 0.4) is 0 Å². The van der Waals surface area contributed by atoms with Gasteiger partial charge in [-0.3, -0.25) is 4.79 Å². The van der Waals surface area contributed by atoms with E-state index < -0.39 is 0 Å². The first-order chi connectivity index (χ1) is 12.6. The van der Waals surface area contributed by atoms with E-state index >= 15 is 0 Å². The van der Waals surface area contributed by atoms with Gasteiger partial charge in [-0.05, 0) is 49.7 Å². The molecule has 2 aromatic rings. The van der Waals surface area contributed by atoms with Crippen LogP contribution >= 0.6 is 0 Å². The Kier molecular flexibility index (Phi) is 7.50. The van der Waals surface area contributed by atoms with Crippen molar-refractivity contribution < 1.29 is 19.1 Å². The number of anilines is 2. The van der Waals surface area contributed by atoms with Gasteiger partial charge < -0.3 is 20.1 Å². The lowest BCUT2D eigenvalue weighted by molar-refractivity contribution is 0.0526. The van der Waals surface area contributed by atoms with Crippen LogP contribution in [0.1, 0.15) is 34.2 Å². The molecule has 0 aliphatic rings. The molecule has 0 saturated carbocycles. The molecule has 2 rings (SSSR count). The minimum Gasteiger partial charge on any atom is -0.462 e. The molecule has 0 saturated heterocycles. The lowest BCUT2D eigenvalue weighted by Gasteiger charge is -2.07. The molecule has 138 valence electrons. The zero-order valence-corrected chi connectivity index (χ0v) is 14.8. The second-order valence-electron chi connectivity index (χ2n) is 5.33. The number of carbonyl (C=O) groups excluding carboxylic acids is 2. The van der Waals surface area contributed by atoms with Crippen LogP contribution < -0.4 is 10.6 Å². The predicted molar refractivity (Wildman–Crippen MR) is 96.5 cm³/mol. The molecule has 8 heteroatoms. The van der Waals surface area contributed by atoms with Crippen LogP contribution in [-0.4, -0.2) is 48.9 Å². The summed E-state index contributed by atoms with van der Waals surface area (Å²) in [6.07, 6.45) is 0.733. The molecular formula is C18H22N4O4. The van der Waals surface area contributed by atoms with Crippen LogP contribution in [0.2, 0.25) is 0 Å². The van der Waals surface area contributed by atoms with Gasteiger partial charge in [-0.25, -0.2) is 4.79 Å². The molecule has 2 N–H and O–H groups in total. The van der Waals surface area contributed by atoms with E-state index in [1.54, 1.807) is 50.4 Å². The quantitative estimate of drug-likeness (QED) is 0.523. The molecule has 0 radical (unpaired) electrons. The molecule has 1 heterocycles. The summed E-state index contributed by atoms with van der Waals surface area (Å²) >= 11 is 0. The highest BCUT2D eigenvalue weighted by atomic mass is 16.5. The third-order valence-electron chi connectivity index (χ3n) is 3.38. The maximum Gasteiger partial charge on any atom is 0.338 e. The van der Waals surface area contributed by atoms with E-state index in [0.29, 0.717) is 31.1 Å². The molecule has 0 atom stereocenters. The topological polar surface area (TPSA) is 102 Å². The number of benzene rings is 1. The molecule has 0 bridgehead atoms. The van der Waals surface area contributed by atoms with Gasteiger partial charge in [0.1, 0.15) is 0 Å². The fraction of sp³-hybridized carbons (Fsp3) is 0.333. The van der Waals surface area contributed by atoms with Gasteiger partial charge in [0.25, 0.3) is 5.91 Å². The third kappa shape index (κ3) is 5.82. The van der Waals surface area contributed by atoms with Crippen molar-refractivity contribution in [3.8, 4) is 0 Å². The molecule has 26 heavy (non-hydrogen) atoms. The van der Waals surface area contributed by atoms with Gasteiger partial charge in [-0.1, -0.05) is 0 Å². The number of aromatic nitrogens is 2. The van der Waals surface area contributed by atoms with Crippen LogP contribution in [0, 0.1) is 0 Å². The monoisotopic (exact) mass is 358 g/mol. The third-order valence-corrected chi connectivity index (χ3v) is 3.38. The predicted octanol–water partition coefficient (Wildman–Crippen LogP) is 2.16.